The maximum Gasteiger partial charge on any atom is 0.161 e. The van der Waals surface area contributed by atoms with E-state index in [-0.39, 0.29) is 5.75 Å². The molecule has 0 saturated carbocycles. The van der Waals surface area contributed by atoms with E-state index in [0.717, 1.165) is 54.0 Å². The normalized spacial score (nSPS) is 12.6. The van der Waals surface area contributed by atoms with Gasteiger partial charge in [0.2, 0.25) is 0 Å². The SMILES string of the molecule is CCCCCS(=O)(=O)C(c1ccc(N(C)C)cc1)c1ccc(N(CC)CC)cc1C. The maximum absolute atomic E-state index is 13.5. The van der Waals surface area contributed by atoms with Crippen molar-refractivity contribution in [3.05, 3.63) is 59.2 Å². The number of aryl methyl sites for hydroxylation is 1. The van der Waals surface area contributed by atoms with Gasteiger partial charge in [-0.25, -0.2) is 8.42 Å². The summed E-state index contributed by atoms with van der Waals surface area (Å²) in [6, 6.07) is 14.2. The van der Waals surface area contributed by atoms with Crippen LogP contribution in [0.15, 0.2) is 42.5 Å². The van der Waals surface area contributed by atoms with Gasteiger partial charge < -0.3 is 9.80 Å². The molecule has 0 aromatic heterocycles. The summed E-state index contributed by atoms with van der Waals surface area (Å²) in [7, 11) is 0.653. The molecule has 0 amide bonds. The molecule has 0 aliphatic rings. The van der Waals surface area contributed by atoms with Gasteiger partial charge in [-0.3, -0.25) is 0 Å². The lowest BCUT2D eigenvalue weighted by molar-refractivity contribution is 0.583. The monoisotopic (exact) mass is 430 g/mol. The predicted octanol–water partition coefficient (Wildman–Crippen LogP) is 5.60. The molecule has 0 N–H and O–H groups in total. The van der Waals surface area contributed by atoms with Crippen molar-refractivity contribution in [2.24, 2.45) is 0 Å². The van der Waals surface area contributed by atoms with Crippen LogP contribution in [-0.4, -0.2) is 41.4 Å². The number of unbranched alkanes of at least 4 members (excludes halogenated alkanes) is 2. The molecule has 2 rings (SSSR count). The number of sulfone groups is 1. The van der Waals surface area contributed by atoms with E-state index in [1.165, 1.54) is 0 Å². The molecule has 1 unspecified atom stereocenters. The smallest absolute Gasteiger partial charge is 0.161 e. The second-order valence-electron chi connectivity index (χ2n) is 8.15. The van der Waals surface area contributed by atoms with Gasteiger partial charge in [-0.15, -0.1) is 0 Å². The molecule has 2 aromatic carbocycles. The van der Waals surface area contributed by atoms with E-state index in [1.54, 1.807) is 0 Å². The highest BCUT2D eigenvalue weighted by atomic mass is 32.2. The highest BCUT2D eigenvalue weighted by Crippen LogP contribution is 2.36. The minimum Gasteiger partial charge on any atom is -0.378 e. The first-order valence-electron chi connectivity index (χ1n) is 11.1. The van der Waals surface area contributed by atoms with Gasteiger partial charge >= 0.3 is 0 Å². The van der Waals surface area contributed by atoms with Gasteiger partial charge in [0.15, 0.2) is 9.84 Å². The first-order valence-corrected chi connectivity index (χ1v) is 12.8. The molecule has 166 valence electrons. The maximum atomic E-state index is 13.5. The first-order chi connectivity index (χ1) is 14.2. The third-order valence-electron chi connectivity index (χ3n) is 5.77. The zero-order valence-corrected chi connectivity index (χ0v) is 20.3. The van der Waals surface area contributed by atoms with Crippen LogP contribution in [0.4, 0.5) is 11.4 Å². The Hall–Kier alpha value is -2.01. The molecule has 0 bridgehead atoms. The van der Waals surface area contributed by atoms with Crippen LogP contribution in [0.5, 0.6) is 0 Å². The molecule has 0 radical (unpaired) electrons. The van der Waals surface area contributed by atoms with Gasteiger partial charge in [0.05, 0.1) is 5.75 Å². The van der Waals surface area contributed by atoms with Gasteiger partial charge in [0, 0.05) is 38.6 Å². The molecule has 5 heteroatoms. The molecule has 2 aromatic rings. The van der Waals surface area contributed by atoms with E-state index < -0.39 is 15.1 Å². The average Bonchev–Trinajstić information content (AvgIpc) is 2.71. The Kier molecular flexibility index (Phi) is 8.78. The lowest BCUT2D eigenvalue weighted by Gasteiger charge is -2.25. The summed E-state index contributed by atoms with van der Waals surface area (Å²) < 4.78 is 27.0. The van der Waals surface area contributed by atoms with Crippen LogP contribution in [0.2, 0.25) is 0 Å². The van der Waals surface area contributed by atoms with Crippen molar-refractivity contribution in [1.29, 1.82) is 0 Å². The third-order valence-corrected chi connectivity index (χ3v) is 7.87. The number of benzene rings is 2. The minimum absolute atomic E-state index is 0.220. The molecule has 0 saturated heterocycles. The van der Waals surface area contributed by atoms with Crippen LogP contribution < -0.4 is 9.80 Å². The van der Waals surface area contributed by atoms with Crippen molar-refractivity contribution in [3.63, 3.8) is 0 Å². The Morgan fingerprint density at radius 3 is 1.97 bits per heavy atom. The minimum atomic E-state index is -3.33. The van der Waals surface area contributed by atoms with E-state index in [0.29, 0.717) is 6.42 Å². The Labute approximate surface area is 183 Å². The summed E-state index contributed by atoms with van der Waals surface area (Å²) in [6.45, 7) is 10.3. The van der Waals surface area contributed by atoms with Gasteiger partial charge in [0.1, 0.15) is 5.25 Å². The molecule has 0 aliphatic carbocycles. The number of hydrogen-bond acceptors (Lipinski definition) is 4. The molecule has 0 aliphatic heterocycles. The van der Waals surface area contributed by atoms with Crippen molar-refractivity contribution in [3.8, 4) is 0 Å². The predicted molar refractivity (Wildman–Crippen MR) is 131 cm³/mol. The standard InChI is InChI=1S/C25H38N2O2S/c1-7-10-11-18-30(28,29)25(21-12-14-22(15-13-21)26(5)6)24-17-16-23(19-20(24)4)27(8-2)9-3/h12-17,19,25H,7-11,18H2,1-6H3. The summed E-state index contributed by atoms with van der Waals surface area (Å²) in [5, 5.41) is -0.628. The lowest BCUT2D eigenvalue weighted by atomic mass is 9.98. The fourth-order valence-corrected chi connectivity index (χ4v) is 6.00. The molecule has 0 fully saturated rings. The number of hydrogen-bond donors (Lipinski definition) is 0. The zero-order chi connectivity index (χ0) is 22.3. The first kappa shape index (κ1) is 24.3. The quantitative estimate of drug-likeness (QED) is 0.435. The molecule has 4 nitrogen and oxygen atoms in total. The summed E-state index contributed by atoms with van der Waals surface area (Å²) in [4.78, 5) is 4.31. The molecule has 0 spiro atoms. The van der Waals surface area contributed by atoms with Crippen molar-refractivity contribution in [1.82, 2.24) is 0 Å². The number of rotatable bonds is 11. The van der Waals surface area contributed by atoms with Gasteiger partial charge in [-0.2, -0.15) is 0 Å². The highest BCUT2D eigenvalue weighted by Gasteiger charge is 2.30. The van der Waals surface area contributed by atoms with Crippen LogP contribution >= 0.6 is 0 Å². The fraction of sp³-hybridized carbons (Fsp3) is 0.520. The van der Waals surface area contributed by atoms with Crippen LogP contribution in [0, 0.1) is 6.92 Å². The highest BCUT2D eigenvalue weighted by molar-refractivity contribution is 7.91. The molecule has 30 heavy (non-hydrogen) atoms. The topological polar surface area (TPSA) is 40.6 Å². The van der Waals surface area contributed by atoms with Gasteiger partial charge in [-0.1, -0.05) is 38.0 Å². The third kappa shape index (κ3) is 5.78. The van der Waals surface area contributed by atoms with E-state index in [2.05, 4.69) is 37.8 Å². The van der Waals surface area contributed by atoms with Crippen LogP contribution in [0.1, 0.15) is 62.0 Å². The van der Waals surface area contributed by atoms with Crippen molar-refractivity contribution in [2.75, 3.05) is 42.7 Å². The molecule has 0 heterocycles. The van der Waals surface area contributed by atoms with Gasteiger partial charge in [0.25, 0.3) is 0 Å². The van der Waals surface area contributed by atoms with Crippen molar-refractivity contribution >= 4 is 21.2 Å². The average molecular weight is 431 g/mol. The number of anilines is 2. The second-order valence-corrected chi connectivity index (χ2v) is 10.4. The molecular formula is C25H38N2O2S. The molecular weight excluding hydrogens is 392 g/mol. The van der Waals surface area contributed by atoms with Crippen LogP contribution in [-0.2, 0) is 9.84 Å². The van der Waals surface area contributed by atoms with Crippen molar-refractivity contribution < 1.29 is 8.42 Å². The van der Waals surface area contributed by atoms with E-state index >= 15 is 0 Å². The molecule has 1 atom stereocenters. The zero-order valence-electron chi connectivity index (χ0n) is 19.5. The Balaban J connectivity index is 2.53. The fourth-order valence-electron chi connectivity index (χ4n) is 3.94. The van der Waals surface area contributed by atoms with Gasteiger partial charge in [-0.05, 0) is 68.1 Å². The van der Waals surface area contributed by atoms with Crippen LogP contribution in [0.25, 0.3) is 0 Å². The summed E-state index contributed by atoms with van der Waals surface area (Å²) in [5.41, 5.74) is 4.97. The lowest BCUT2D eigenvalue weighted by Crippen LogP contribution is -2.23. The Morgan fingerprint density at radius 1 is 0.867 bits per heavy atom. The summed E-state index contributed by atoms with van der Waals surface area (Å²) in [6.07, 6.45) is 2.66. The largest absolute Gasteiger partial charge is 0.378 e. The van der Waals surface area contributed by atoms with E-state index in [1.807, 2.05) is 56.3 Å². The number of nitrogens with zero attached hydrogens (tertiary/aromatic N) is 2. The Morgan fingerprint density at radius 2 is 1.47 bits per heavy atom. The van der Waals surface area contributed by atoms with E-state index in [9.17, 15) is 8.42 Å². The van der Waals surface area contributed by atoms with Crippen molar-refractivity contribution in [2.45, 2.75) is 52.2 Å². The summed E-state index contributed by atoms with van der Waals surface area (Å²) >= 11 is 0. The van der Waals surface area contributed by atoms with Crippen LogP contribution in [0.3, 0.4) is 0 Å². The Bertz CT molecular complexity index is 901. The summed E-state index contributed by atoms with van der Waals surface area (Å²) in [5.74, 6) is 0.220. The second kappa shape index (κ2) is 10.9. The van der Waals surface area contributed by atoms with E-state index in [4.69, 9.17) is 0 Å².